The van der Waals surface area contributed by atoms with Crippen molar-refractivity contribution >= 4 is 27.5 Å². The van der Waals surface area contributed by atoms with Crippen LogP contribution in [0.15, 0.2) is 46.9 Å². The van der Waals surface area contributed by atoms with E-state index in [-0.39, 0.29) is 16.1 Å². The van der Waals surface area contributed by atoms with E-state index in [0.717, 1.165) is 0 Å². The third-order valence-electron chi connectivity index (χ3n) is 2.69. The number of rotatable bonds is 2. The van der Waals surface area contributed by atoms with E-state index in [1.54, 1.807) is 19.2 Å². The van der Waals surface area contributed by atoms with Crippen molar-refractivity contribution < 1.29 is 14.3 Å². The topological polar surface area (TPSA) is 40.5 Å². The molecule has 0 atom stereocenters. The van der Waals surface area contributed by atoms with Gasteiger partial charge in [0.2, 0.25) is 0 Å². The first-order valence-electron chi connectivity index (χ1n) is 5.51. The van der Waals surface area contributed by atoms with E-state index in [0.29, 0.717) is 11.3 Å². The van der Waals surface area contributed by atoms with Gasteiger partial charge >= 0.3 is 0 Å². The molecule has 0 saturated carbocycles. The Kier molecular flexibility index (Phi) is 3.85. The summed E-state index contributed by atoms with van der Waals surface area (Å²) in [6.07, 6.45) is 0. The molecule has 0 saturated heterocycles. The average Bonchev–Trinajstić information content (AvgIpc) is 2.40. The summed E-state index contributed by atoms with van der Waals surface area (Å²) in [5.74, 6) is -0.625. The van der Waals surface area contributed by atoms with E-state index < -0.39 is 5.82 Å². The van der Waals surface area contributed by atoms with Crippen LogP contribution in [-0.2, 0) is 0 Å². The zero-order valence-corrected chi connectivity index (χ0v) is 11.7. The number of amides is 1. The van der Waals surface area contributed by atoms with E-state index >= 15 is 0 Å². The lowest BCUT2D eigenvalue weighted by molar-refractivity contribution is 0.0993. The number of benzene rings is 2. The van der Waals surface area contributed by atoms with Crippen LogP contribution in [0.25, 0.3) is 0 Å². The minimum absolute atomic E-state index is 0.0810. The van der Waals surface area contributed by atoms with Gasteiger partial charge in [-0.05, 0) is 46.3 Å². The summed E-state index contributed by atoms with van der Waals surface area (Å²) in [6.45, 7) is 0. The molecule has 0 aromatic heterocycles. The minimum Gasteiger partial charge on any atom is -0.508 e. The Hall–Kier alpha value is -1.88. The Morgan fingerprint density at radius 3 is 2.63 bits per heavy atom. The number of anilines is 1. The molecule has 98 valence electrons. The monoisotopic (exact) mass is 323 g/mol. The van der Waals surface area contributed by atoms with Crippen molar-refractivity contribution in [2.24, 2.45) is 0 Å². The van der Waals surface area contributed by atoms with Crippen LogP contribution in [0.2, 0.25) is 0 Å². The summed E-state index contributed by atoms with van der Waals surface area (Å²) >= 11 is 3.05. The van der Waals surface area contributed by atoms with Gasteiger partial charge in [0, 0.05) is 24.4 Å². The van der Waals surface area contributed by atoms with E-state index in [2.05, 4.69) is 15.9 Å². The van der Waals surface area contributed by atoms with Crippen molar-refractivity contribution in [3.8, 4) is 5.75 Å². The maximum absolute atomic E-state index is 13.1. The summed E-state index contributed by atoms with van der Waals surface area (Å²) in [4.78, 5) is 13.6. The standard InChI is InChI=1S/C14H11BrFNO2/c1-17(10-3-2-4-11(18)8-10)14(19)9-5-6-13(16)12(15)7-9/h2-8,18H,1H3. The first kappa shape index (κ1) is 13.5. The molecule has 2 rings (SSSR count). The number of halogens is 2. The number of hydrogen-bond donors (Lipinski definition) is 1. The summed E-state index contributed by atoms with van der Waals surface area (Å²) in [7, 11) is 1.59. The third-order valence-corrected chi connectivity index (χ3v) is 3.30. The minimum atomic E-state index is -0.420. The van der Waals surface area contributed by atoms with Gasteiger partial charge in [0.25, 0.3) is 5.91 Å². The van der Waals surface area contributed by atoms with Crippen molar-refractivity contribution in [3.63, 3.8) is 0 Å². The van der Waals surface area contributed by atoms with E-state index in [1.165, 1.54) is 35.2 Å². The van der Waals surface area contributed by atoms with Gasteiger partial charge < -0.3 is 10.0 Å². The van der Waals surface area contributed by atoms with Crippen LogP contribution in [0.1, 0.15) is 10.4 Å². The number of hydrogen-bond acceptors (Lipinski definition) is 2. The number of aromatic hydroxyl groups is 1. The number of phenols is 1. The van der Waals surface area contributed by atoms with E-state index in [1.807, 2.05) is 0 Å². The number of carbonyl (C=O) groups is 1. The lowest BCUT2D eigenvalue weighted by Crippen LogP contribution is -2.26. The second-order valence-electron chi connectivity index (χ2n) is 4.01. The van der Waals surface area contributed by atoms with Crippen LogP contribution in [0, 0.1) is 5.82 Å². The normalized spacial score (nSPS) is 10.3. The Labute approximate surface area is 118 Å². The molecule has 0 spiro atoms. The van der Waals surface area contributed by atoms with Gasteiger partial charge in [0.05, 0.1) is 4.47 Å². The summed E-state index contributed by atoms with van der Waals surface area (Å²) in [5, 5.41) is 9.40. The van der Waals surface area contributed by atoms with Gasteiger partial charge in [-0.3, -0.25) is 4.79 Å². The average molecular weight is 324 g/mol. The molecule has 3 nitrogen and oxygen atoms in total. The highest BCUT2D eigenvalue weighted by molar-refractivity contribution is 9.10. The predicted octanol–water partition coefficient (Wildman–Crippen LogP) is 3.57. The van der Waals surface area contributed by atoms with Crippen LogP contribution >= 0.6 is 15.9 Å². The summed E-state index contributed by atoms with van der Waals surface area (Å²) in [5.41, 5.74) is 0.921. The molecule has 5 heteroatoms. The van der Waals surface area contributed by atoms with Crippen molar-refractivity contribution in [1.29, 1.82) is 0 Å². The molecular formula is C14H11BrFNO2. The molecule has 0 heterocycles. The van der Waals surface area contributed by atoms with Gasteiger partial charge in [-0.2, -0.15) is 0 Å². The molecule has 0 fully saturated rings. The SMILES string of the molecule is CN(C(=O)c1ccc(F)c(Br)c1)c1cccc(O)c1. The third kappa shape index (κ3) is 2.93. The molecule has 0 unspecified atom stereocenters. The molecule has 2 aromatic rings. The van der Waals surface area contributed by atoms with Crippen LogP contribution in [-0.4, -0.2) is 18.1 Å². The van der Waals surface area contributed by atoms with E-state index in [4.69, 9.17) is 0 Å². The number of nitrogens with zero attached hydrogens (tertiary/aromatic N) is 1. The fourth-order valence-electron chi connectivity index (χ4n) is 1.64. The highest BCUT2D eigenvalue weighted by Crippen LogP contribution is 2.22. The summed E-state index contributed by atoms with van der Waals surface area (Å²) < 4.78 is 13.4. The number of phenolic OH excluding ortho intramolecular Hbond substituents is 1. The van der Waals surface area contributed by atoms with Crippen LogP contribution in [0.5, 0.6) is 5.75 Å². The first-order valence-corrected chi connectivity index (χ1v) is 6.30. The number of carbonyl (C=O) groups excluding carboxylic acids is 1. The second-order valence-corrected chi connectivity index (χ2v) is 4.87. The molecule has 0 radical (unpaired) electrons. The highest BCUT2D eigenvalue weighted by atomic mass is 79.9. The van der Waals surface area contributed by atoms with Crippen LogP contribution < -0.4 is 4.90 Å². The fourth-order valence-corrected chi connectivity index (χ4v) is 2.02. The molecule has 0 aliphatic heterocycles. The molecular weight excluding hydrogens is 313 g/mol. The van der Waals surface area contributed by atoms with Gasteiger partial charge in [-0.1, -0.05) is 6.07 Å². The van der Waals surface area contributed by atoms with E-state index in [9.17, 15) is 14.3 Å². The van der Waals surface area contributed by atoms with Gasteiger partial charge in [-0.25, -0.2) is 4.39 Å². The second kappa shape index (κ2) is 5.40. The first-order chi connectivity index (χ1) is 8.99. The Balaban J connectivity index is 2.30. The highest BCUT2D eigenvalue weighted by Gasteiger charge is 2.15. The zero-order chi connectivity index (χ0) is 14.0. The van der Waals surface area contributed by atoms with Crippen molar-refractivity contribution in [2.45, 2.75) is 0 Å². The van der Waals surface area contributed by atoms with Crippen LogP contribution in [0.4, 0.5) is 10.1 Å². The fraction of sp³-hybridized carbons (Fsp3) is 0.0714. The lowest BCUT2D eigenvalue weighted by atomic mass is 10.2. The Morgan fingerprint density at radius 1 is 1.26 bits per heavy atom. The van der Waals surface area contributed by atoms with Gasteiger partial charge in [0.15, 0.2) is 0 Å². The molecule has 0 bridgehead atoms. The zero-order valence-electron chi connectivity index (χ0n) is 10.1. The maximum atomic E-state index is 13.1. The summed E-state index contributed by atoms with van der Waals surface area (Å²) in [6, 6.07) is 10.4. The van der Waals surface area contributed by atoms with Gasteiger partial charge in [0.1, 0.15) is 11.6 Å². The lowest BCUT2D eigenvalue weighted by Gasteiger charge is -2.17. The molecule has 0 aliphatic carbocycles. The molecule has 1 N–H and O–H groups in total. The molecule has 19 heavy (non-hydrogen) atoms. The quantitative estimate of drug-likeness (QED) is 0.917. The molecule has 2 aromatic carbocycles. The van der Waals surface area contributed by atoms with Crippen molar-refractivity contribution in [3.05, 3.63) is 58.3 Å². The largest absolute Gasteiger partial charge is 0.508 e. The molecule has 0 aliphatic rings. The Bertz CT molecular complexity index is 631. The van der Waals surface area contributed by atoms with Crippen molar-refractivity contribution in [2.75, 3.05) is 11.9 Å². The predicted molar refractivity (Wildman–Crippen MR) is 74.9 cm³/mol. The molecule has 1 amide bonds. The maximum Gasteiger partial charge on any atom is 0.258 e. The van der Waals surface area contributed by atoms with Crippen molar-refractivity contribution in [1.82, 2.24) is 0 Å². The van der Waals surface area contributed by atoms with Gasteiger partial charge in [-0.15, -0.1) is 0 Å². The Morgan fingerprint density at radius 2 is 2.00 bits per heavy atom. The van der Waals surface area contributed by atoms with Crippen LogP contribution in [0.3, 0.4) is 0 Å². The smallest absolute Gasteiger partial charge is 0.258 e.